The Hall–Kier alpha value is -2.82. The first-order valence-corrected chi connectivity index (χ1v) is 8.11. The van der Waals surface area contributed by atoms with E-state index in [1.54, 1.807) is 24.3 Å². The van der Waals surface area contributed by atoms with Gasteiger partial charge in [-0.1, -0.05) is 35.9 Å². The fraction of sp³-hybridized carbons (Fsp3) is 0.263. The van der Waals surface area contributed by atoms with Crippen LogP contribution in [-0.2, 0) is 6.54 Å². The van der Waals surface area contributed by atoms with Crippen molar-refractivity contribution in [3.05, 3.63) is 65.2 Å². The van der Waals surface area contributed by atoms with E-state index in [9.17, 15) is 9.59 Å². The van der Waals surface area contributed by atoms with Crippen molar-refractivity contribution < 1.29 is 9.59 Å². The van der Waals surface area contributed by atoms with Gasteiger partial charge in [0.25, 0.3) is 5.91 Å². The number of hydrogen-bond donors (Lipinski definition) is 3. The number of anilines is 1. The monoisotopic (exact) mass is 323 g/mol. The van der Waals surface area contributed by atoms with Crippen LogP contribution in [0.1, 0.15) is 34.3 Å². The Labute approximate surface area is 141 Å². The van der Waals surface area contributed by atoms with Crippen molar-refractivity contribution in [2.75, 3.05) is 5.32 Å². The van der Waals surface area contributed by atoms with Crippen LogP contribution in [0.5, 0.6) is 0 Å². The predicted octanol–water partition coefficient (Wildman–Crippen LogP) is 3.21. The molecule has 3 N–H and O–H groups in total. The lowest BCUT2D eigenvalue weighted by molar-refractivity contribution is 0.0951. The summed E-state index contributed by atoms with van der Waals surface area (Å²) >= 11 is 0. The summed E-state index contributed by atoms with van der Waals surface area (Å²) in [4.78, 5) is 24.0. The minimum Gasteiger partial charge on any atom is -0.349 e. The van der Waals surface area contributed by atoms with Crippen molar-refractivity contribution in [1.29, 1.82) is 0 Å². The molecule has 0 saturated heterocycles. The SMILES string of the molecule is Cc1ccc(CNC(=O)Nc2cccc(C(=O)NC3CC3)c2)cc1. The molecule has 0 aliphatic heterocycles. The maximum Gasteiger partial charge on any atom is 0.319 e. The lowest BCUT2D eigenvalue weighted by atomic mass is 10.1. The molecule has 0 radical (unpaired) electrons. The largest absolute Gasteiger partial charge is 0.349 e. The molecule has 1 aliphatic carbocycles. The molecule has 0 unspecified atom stereocenters. The molecule has 24 heavy (non-hydrogen) atoms. The molecule has 5 nitrogen and oxygen atoms in total. The minimum atomic E-state index is -0.296. The summed E-state index contributed by atoms with van der Waals surface area (Å²) in [6, 6.07) is 15.0. The number of rotatable bonds is 5. The molecule has 0 bridgehead atoms. The number of carbonyl (C=O) groups excluding carboxylic acids is 2. The van der Waals surface area contributed by atoms with Gasteiger partial charge in [-0.15, -0.1) is 0 Å². The smallest absolute Gasteiger partial charge is 0.319 e. The normalized spacial score (nSPS) is 13.2. The first kappa shape index (κ1) is 16.1. The molecule has 124 valence electrons. The Bertz CT molecular complexity index is 737. The maximum absolute atomic E-state index is 12.0. The lowest BCUT2D eigenvalue weighted by Crippen LogP contribution is -2.28. The summed E-state index contributed by atoms with van der Waals surface area (Å²) in [7, 11) is 0. The standard InChI is InChI=1S/C19H21N3O2/c1-13-5-7-14(8-6-13)12-20-19(24)22-17-4-2-3-15(11-17)18(23)21-16-9-10-16/h2-8,11,16H,9-10,12H2,1H3,(H,21,23)(H2,20,22,24). The van der Waals surface area contributed by atoms with E-state index in [1.165, 1.54) is 5.56 Å². The van der Waals surface area contributed by atoms with E-state index in [1.807, 2.05) is 31.2 Å². The second kappa shape index (κ2) is 7.17. The topological polar surface area (TPSA) is 70.2 Å². The molecule has 1 aliphatic rings. The van der Waals surface area contributed by atoms with Gasteiger partial charge in [-0.05, 0) is 43.5 Å². The van der Waals surface area contributed by atoms with Crippen LogP contribution in [0.3, 0.4) is 0 Å². The lowest BCUT2D eigenvalue weighted by Gasteiger charge is -2.09. The summed E-state index contributed by atoms with van der Waals surface area (Å²) in [5.41, 5.74) is 3.37. The van der Waals surface area contributed by atoms with Crippen LogP contribution in [-0.4, -0.2) is 18.0 Å². The van der Waals surface area contributed by atoms with Crippen molar-refractivity contribution in [3.63, 3.8) is 0 Å². The first-order chi connectivity index (χ1) is 11.6. The van der Waals surface area contributed by atoms with Gasteiger partial charge in [-0.2, -0.15) is 0 Å². The highest BCUT2D eigenvalue weighted by molar-refractivity contribution is 5.97. The van der Waals surface area contributed by atoms with Gasteiger partial charge < -0.3 is 16.0 Å². The van der Waals surface area contributed by atoms with Crippen LogP contribution < -0.4 is 16.0 Å². The number of carbonyl (C=O) groups is 2. The van der Waals surface area contributed by atoms with Gasteiger partial charge in [0, 0.05) is 23.8 Å². The van der Waals surface area contributed by atoms with Crippen molar-refractivity contribution in [2.24, 2.45) is 0 Å². The van der Waals surface area contributed by atoms with Crippen LogP contribution in [0, 0.1) is 6.92 Å². The third-order valence-corrected chi connectivity index (χ3v) is 3.87. The Morgan fingerprint density at radius 1 is 1.08 bits per heavy atom. The van der Waals surface area contributed by atoms with Crippen LogP contribution in [0.2, 0.25) is 0 Å². The number of hydrogen-bond acceptors (Lipinski definition) is 2. The molecular weight excluding hydrogens is 302 g/mol. The Balaban J connectivity index is 1.53. The highest BCUT2D eigenvalue weighted by Gasteiger charge is 2.23. The minimum absolute atomic E-state index is 0.0961. The maximum atomic E-state index is 12.0. The Kier molecular flexibility index (Phi) is 4.79. The zero-order chi connectivity index (χ0) is 16.9. The molecule has 0 aromatic heterocycles. The van der Waals surface area contributed by atoms with Crippen molar-refractivity contribution in [2.45, 2.75) is 32.4 Å². The first-order valence-electron chi connectivity index (χ1n) is 8.11. The fourth-order valence-electron chi connectivity index (χ4n) is 2.30. The quantitative estimate of drug-likeness (QED) is 0.791. The van der Waals surface area contributed by atoms with E-state index < -0.39 is 0 Å². The molecule has 1 fully saturated rings. The van der Waals surface area contributed by atoms with Gasteiger partial charge in [0.2, 0.25) is 0 Å². The Morgan fingerprint density at radius 3 is 2.54 bits per heavy atom. The van der Waals surface area contributed by atoms with Crippen LogP contribution in [0.4, 0.5) is 10.5 Å². The van der Waals surface area contributed by atoms with E-state index >= 15 is 0 Å². The molecule has 5 heteroatoms. The molecule has 0 atom stereocenters. The van der Waals surface area contributed by atoms with Gasteiger partial charge in [0.05, 0.1) is 0 Å². The second-order valence-electron chi connectivity index (χ2n) is 6.12. The molecule has 2 aromatic rings. The van der Waals surface area contributed by atoms with E-state index in [-0.39, 0.29) is 11.9 Å². The molecule has 3 amide bonds. The van der Waals surface area contributed by atoms with Gasteiger partial charge in [-0.25, -0.2) is 4.79 Å². The highest BCUT2D eigenvalue weighted by Crippen LogP contribution is 2.20. The van der Waals surface area contributed by atoms with Gasteiger partial charge in [0.15, 0.2) is 0 Å². The third-order valence-electron chi connectivity index (χ3n) is 3.87. The number of urea groups is 1. The molecule has 0 spiro atoms. The van der Waals surface area contributed by atoms with E-state index in [0.717, 1.165) is 18.4 Å². The second-order valence-corrected chi connectivity index (χ2v) is 6.12. The number of aryl methyl sites for hydroxylation is 1. The van der Waals surface area contributed by atoms with E-state index in [2.05, 4.69) is 16.0 Å². The van der Waals surface area contributed by atoms with Gasteiger partial charge >= 0.3 is 6.03 Å². The zero-order valence-corrected chi connectivity index (χ0v) is 13.6. The van der Waals surface area contributed by atoms with E-state index in [0.29, 0.717) is 23.8 Å². The molecular formula is C19H21N3O2. The molecule has 2 aromatic carbocycles. The van der Waals surface area contributed by atoms with Crippen LogP contribution in [0.15, 0.2) is 48.5 Å². The highest BCUT2D eigenvalue weighted by atomic mass is 16.2. The average Bonchev–Trinajstić information content (AvgIpc) is 3.38. The van der Waals surface area contributed by atoms with Crippen molar-refractivity contribution in [1.82, 2.24) is 10.6 Å². The van der Waals surface area contributed by atoms with Gasteiger partial charge in [0.1, 0.15) is 0 Å². The van der Waals surface area contributed by atoms with Gasteiger partial charge in [-0.3, -0.25) is 4.79 Å². The number of nitrogens with one attached hydrogen (secondary N) is 3. The van der Waals surface area contributed by atoms with Crippen molar-refractivity contribution >= 4 is 17.6 Å². The molecule has 3 rings (SSSR count). The summed E-state index contributed by atoms with van der Waals surface area (Å²) < 4.78 is 0. The van der Waals surface area contributed by atoms with E-state index in [4.69, 9.17) is 0 Å². The van der Waals surface area contributed by atoms with Crippen LogP contribution in [0.25, 0.3) is 0 Å². The predicted molar refractivity (Wildman–Crippen MR) is 94.0 cm³/mol. The summed E-state index contributed by atoms with van der Waals surface area (Å²) in [6.07, 6.45) is 2.09. The summed E-state index contributed by atoms with van der Waals surface area (Å²) in [6.45, 7) is 2.48. The summed E-state index contributed by atoms with van der Waals surface area (Å²) in [5.74, 6) is -0.0961. The zero-order valence-electron chi connectivity index (χ0n) is 13.6. The fourth-order valence-corrected chi connectivity index (χ4v) is 2.30. The van der Waals surface area contributed by atoms with Crippen molar-refractivity contribution in [3.8, 4) is 0 Å². The Morgan fingerprint density at radius 2 is 1.83 bits per heavy atom. The third kappa shape index (κ3) is 4.59. The number of benzene rings is 2. The number of amides is 3. The average molecular weight is 323 g/mol. The molecule has 1 saturated carbocycles. The molecule has 0 heterocycles. The summed E-state index contributed by atoms with van der Waals surface area (Å²) in [5, 5.41) is 8.50. The van der Waals surface area contributed by atoms with Crippen LogP contribution >= 0.6 is 0 Å².